The highest BCUT2D eigenvalue weighted by atomic mass is 79.9. The van der Waals surface area contributed by atoms with E-state index in [9.17, 15) is 0 Å². The normalized spacial score (nSPS) is 9.88. The second-order valence-corrected chi connectivity index (χ2v) is 4.00. The average Bonchev–Trinajstić information content (AvgIpc) is 2.26. The van der Waals surface area contributed by atoms with E-state index in [0.717, 1.165) is 15.8 Å². The maximum Gasteiger partial charge on any atom is 0.186 e. The predicted molar refractivity (Wildman–Crippen MR) is 68.2 cm³/mol. The lowest BCUT2D eigenvalue weighted by Crippen LogP contribution is -2.22. The van der Waals surface area contributed by atoms with E-state index in [4.69, 9.17) is 21.9 Å². The van der Waals surface area contributed by atoms with Crippen molar-refractivity contribution in [2.75, 3.05) is 13.2 Å². The van der Waals surface area contributed by atoms with E-state index in [1.165, 1.54) is 0 Å². The number of ether oxygens (including phenoxy) is 1. The van der Waals surface area contributed by atoms with Gasteiger partial charge in [0.2, 0.25) is 0 Å². The maximum atomic E-state index is 5.45. The highest BCUT2D eigenvalue weighted by Gasteiger charge is 2.02. The van der Waals surface area contributed by atoms with E-state index in [0.29, 0.717) is 19.7 Å². The summed E-state index contributed by atoms with van der Waals surface area (Å²) in [5, 5.41) is 0. The number of benzene rings is 1. The second kappa shape index (κ2) is 6.34. The van der Waals surface area contributed by atoms with Crippen molar-refractivity contribution < 1.29 is 4.74 Å². The molecule has 0 aliphatic carbocycles. The summed E-state index contributed by atoms with van der Waals surface area (Å²) >= 11 is 3.39. The van der Waals surface area contributed by atoms with Gasteiger partial charge in [-0.05, 0) is 33.6 Å². The van der Waals surface area contributed by atoms with Gasteiger partial charge in [0.25, 0.3) is 0 Å². The fraction of sp³-hybridized carbons (Fsp3) is 0.300. The zero-order valence-corrected chi connectivity index (χ0v) is 10.4. The lowest BCUT2D eigenvalue weighted by Gasteiger charge is -2.08. The van der Waals surface area contributed by atoms with E-state index in [-0.39, 0.29) is 5.96 Å². The van der Waals surface area contributed by atoms with Gasteiger partial charge in [0.05, 0.1) is 11.0 Å². The minimum atomic E-state index is 0.0762. The monoisotopic (exact) mass is 286 g/mol. The molecule has 0 heterocycles. The molecule has 0 aromatic heterocycles. The summed E-state index contributed by atoms with van der Waals surface area (Å²) in [6, 6.07) is 5.70. The van der Waals surface area contributed by atoms with E-state index in [1.54, 1.807) is 0 Å². The van der Waals surface area contributed by atoms with Crippen LogP contribution in [0.1, 0.15) is 5.56 Å². The molecular weight excluding hydrogens is 272 g/mol. The van der Waals surface area contributed by atoms with Crippen molar-refractivity contribution in [1.82, 2.24) is 0 Å². The van der Waals surface area contributed by atoms with E-state index in [2.05, 4.69) is 20.9 Å². The Morgan fingerprint density at radius 3 is 2.75 bits per heavy atom. The third-order valence-electron chi connectivity index (χ3n) is 1.82. The Morgan fingerprint density at radius 1 is 1.38 bits per heavy atom. The Balaban J connectivity index is 2.76. The Morgan fingerprint density at radius 2 is 2.12 bits per heavy atom. The van der Waals surface area contributed by atoms with Crippen molar-refractivity contribution >= 4 is 21.9 Å². The van der Waals surface area contributed by atoms with Gasteiger partial charge in [0, 0.05) is 6.54 Å². The molecule has 5 nitrogen and oxygen atoms in total. The zero-order chi connectivity index (χ0) is 12.0. The number of hydrogen-bond acceptors (Lipinski definition) is 3. The summed E-state index contributed by atoms with van der Waals surface area (Å²) in [6.07, 6.45) is 0. The molecule has 1 aromatic rings. The van der Waals surface area contributed by atoms with Crippen molar-refractivity contribution in [3.8, 4) is 5.75 Å². The van der Waals surface area contributed by atoms with Gasteiger partial charge >= 0.3 is 0 Å². The van der Waals surface area contributed by atoms with Crippen LogP contribution in [0.2, 0.25) is 0 Å². The third-order valence-corrected chi connectivity index (χ3v) is 2.47. The molecular formula is C10H15BrN4O. The summed E-state index contributed by atoms with van der Waals surface area (Å²) in [5.41, 5.74) is 16.9. The molecule has 0 saturated carbocycles. The van der Waals surface area contributed by atoms with Crippen molar-refractivity contribution in [3.63, 3.8) is 0 Å². The van der Waals surface area contributed by atoms with Crippen LogP contribution in [0.25, 0.3) is 0 Å². The van der Waals surface area contributed by atoms with Crippen LogP contribution in [0.15, 0.2) is 27.7 Å². The number of nitrogens with two attached hydrogens (primary N) is 3. The van der Waals surface area contributed by atoms with Gasteiger partial charge in [0.1, 0.15) is 12.4 Å². The van der Waals surface area contributed by atoms with Crippen LogP contribution in [-0.2, 0) is 6.54 Å². The molecule has 0 amide bonds. The van der Waals surface area contributed by atoms with E-state index < -0.39 is 0 Å². The molecule has 0 unspecified atom stereocenters. The van der Waals surface area contributed by atoms with Crippen LogP contribution in [0.3, 0.4) is 0 Å². The highest BCUT2D eigenvalue weighted by Crippen LogP contribution is 2.26. The molecule has 0 saturated heterocycles. The molecule has 0 radical (unpaired) electrons. The summed E-state index contributed by atoms with van der Waals surface area (Å²) < 4.78 is 6.33. The topological polar surface area (TPSA) is 99.6 Å². The Bertz CT molecular complexity index is 377. The summed E-state index contributed by atoms with van der Waals surface area (Å²) in [6.45, 7) is 1.39. The van der Waals surface area contributed by atoms with Gasteiger partial charge < -0.3 is 21.9 Å². The molecule has 0 fully saturated rings. The molecule has 16 heavy (non-hydrogen) atoms. The molecule has 0 atom stereocenters. The third kappa shape index (κ3) is 4.08. The van der Waals surface area contributed by atoms with E-state index >= 15 is 0 Å². The van der Waals surface area contributed by atoms with Crippen molar-refractivity contribution in [2.45, 2.75) is 6.54 Å². The van der Waals surface area contributed by atoms with Gasteiger partial charge in [-0.25, -0.2) is 4.99 Å². The minimum absolute atomic E-state index is 0.0762. The quantitative estimate of drug-likeness (QED) is 0.544. The van der Waals surface area contributed by atoms with Gasteiger partial charge in [-0.1, -0.05) is 6.07 Å². The molecule has 0 aliphatic heterocycles. The number of halogens is 1. The summed E-state index contributed by atoms with van der Waals surface area (Å²) in [4.78, 5) is 3.92. The lowest BCUT2D eigenvalue weighted by molar-refractivity contribution is 0.326. The van der Waals surface area contributed by atoms with Crippen LogP contribution in [-0.4, -0.2) is 19.1 Å². The van der Waals surface area contributed by atoms with Crippen molar-refractivity contribution in [2.24, 2.45) is 22.2 Å². The van der Waals surface area contributed by atoms with Crippen LogP contribution >= 0.6 is 15.9 Å². The first-order chi connectivity index (χ1) is 7.63. The smallest absolute Gasteiger partial charge is 0.186 e. The number of hydrogen-bond donors (Lipinski definition) is 3. The zero-order valence-electron chi connectivity index (χ0n) is 8.82. The number of guanidine groups is 1. The number of aliphatic imine (C=N–C) groups is 1. The molecule has 1 aromatic carbocycles. The molecule has 88 valence electrons. The average molecular weight is 287 g/mol. The Labute approximate surface area is 103 Å². The van der Waals surface area contributed by atoms with Crippen LogP contribution < -0.4 is 21.9 Å². The first-order valence-electron chi connectivity index (χ1n) is 4.80. The SMILES string of the molecule is NCCOc1cc(CN=C(N)N)ccc1Br. The molecule has 0 aliphatic rings. The fourth-order valence-electron chi connectivity index (χ4n) is 1.11. The number of rotatable bonds is 5. The number of nitrogens with zero attached hydrogens (tertiary/aromatic N) is 1. The highest BCUT2D eigenvalue weighted by molar-refractivity contribution is 9.10. The van der Waals surface area contributed by atoms with Crippen LogP contribution in [0.5, 0.6) is 5.75 Å². The summed E-state index contributed by atoms with van der Waals surface area (Å²) in [5.74, 6) is 0.820. The maximum absolute atomic E-state index is 5.45. The van der Waals surface area contributed by atoms with Gasteiger partial charge in [-0.3, -0.25) is 0 Å². The van der Waals surface area contributed by atoms with Crippen LogP contribution in [0, 0.1) is 0 Å². The predicted octanol–water partition coefficient (Wildman–Crippen LogP) is 0.560. The van der Waals surface area contributed by atoms with Gasteiger partial charge in [-0.2, -0.15) is 0 Å². The van der Waals surface area contributed by atoms with E-state index in [1.807, 2.05) is 18.2 Å². The largest absolute Gasteiger partial charge is 0.491 e. The molecule has 6 N–H and O–H groups in total. The molecule has 1 rings (SSSR count). The minimum Gasteiger partial charge on any atom is -0.491 e. The van der Waals surface area contributed by atoms with Crippen molar-refractivity contribution in [3.05, 3.63) is 28.2 Å². The first kappa shape index (κ1) is 12.8. The van der Waals surface area contributed by atoms with Crippen LogP contribution in [0.4, 0.5) is 0 Å². The first-order valence-corrected chi connectivity index (χ1v) is 5.59. The molecule has 0 bridgehead atoms. The molecule has 0 spiro atoms. The van der Waals surface area contributed by atoms with Gasteiger partial charge in [0.15, 0.2) is 5.96 Å². The standard InChI is InChI=1S/C10H15BrN4O/c11-8-2-1-7(6-15-10(13)14)5-9(8)16-4-3-12/h1-2,5H,3-4,6,12H2,(H4,13,14,15). The van der Waals surface area contributed by atoms with Crippen molar-refractivity contribution in [1.29, 1.82) is 0 Å². The second-order valence-electron chi connectivity index (χ2n) is 3.14. The molecule has 6 heteroatoms. The lowest BCUT2D eigenvalue weighted by atomic mass is 10.2. The Kier molecular flexibility index (Phi) is 5.07. The summed E-state index contributed by atoms with van der Waals surface area (Å²) in [7, 11) is 0. The van der Waals surface area contributed by atoms with Gasteiger partial charge in [-0.15, -0.1) is 0 Å². The fourth-order valence-corrected chi connectivity index (χ4v) is 1.47. The Hall–Kier alpha value is -1.27.